The number of hydrogen-bond acceptors (Lipinski definition) is 6. The van der Waals surface area contributed by atoms with Gasteiger partial charge in [0.1, 0.15) is 5.82 Å². The number of nitrogens with zero attached hydrogens (tertiary/aromatic N) is 3. The Morgan fingerprint density at radius 3 is 2.62 bits per heavy atom. The summed E-state index contributed by atoms with van der Waals surface area (Å²) in [5, 5.41) is 14.1. The van der Waals surface area contributed by atoms with Crippen molar-refractivity contribution < 1.29 is 19.4 Å². The Bertz CT molecular complexity index is 1260. The molecule has 32 heavy (non-hydrogen) atoms. The molecule has 1 N–H and O–H groups in total. The van der Waals surface area contributed by atoms with Crippen molar-refractivity contribution in [3.8, 4) is 11.5 Å². The summed E-state index contributed by atoms with van der Waals surface area (Å²) in [4.78, 5) is 29.3. The summed E-state index contributed by atoms with van der Waals surface area (Å²) < 4.78 is 13.0. The zero-order valence-electron chi connectivity index (χ0n) is 18.4. The second-order valence-electron chi connectivity index (χ2n) is 8.19. The molecule has 0 spiro atoms. The molecule has 0 fully saturated rings. The third-order valence-corrected chi connectivity index (χ3v) is 5.16. The molecule has 0 bridgehead atoms. The summed E-state index contributed by atoms with van der Waals surface area (Å²) in [6.07, 6.45) is 0.333. The first kappa shape index (κ1) is 23.5. The quantitative estimate of drug-likeness (QED) is 0.507. The lowest BCUT2D eigenvalue weighted by Gasteiger charge is -2.21. The van der Waals surface area contributed by atoms with Crippen LogP contribution in [0.15, 0.2) is 50.8 Å². The van der Waals surface area contributed by atoms with Crippen molar-refractivity contribution in [2.45, 2.75) is 39.2 Å². The van der Waals surface area contributed by atoms with Crippen molar-refractivity contribution in [2.24, 2.45) is 5.10 Å². The molecule has 168 valence electrons. The van der Waals surface area contributed by atoms with Gasteiger partial charge in [-0.1, -0.05) is 42.8 Å². The maximum absolute atomic E-state index is 13.3. The van der Waals surface area contributed by atoms with Gasteiger partial charge in [0.15, 0.2) is 17.6 Å². The van der Waals surface area contributed by atoms with Crippen LogP contribution in [-0.2, 0) is 10.2 Å². The molecule has 0 aliphatic carbocycles. The number of carbonyl (C=O) groups is 1. The van der Waals surface area contributed by atoms with E-state index in [-0.39, 0.29) is 11.3 Å². The van der Waals surface area contributed by atoms with Gasteiger partial charge < -0.3 is 14.6 Å². The summed E-state index contributed by atoms with van der Waals surface area (Å²) in [7, 11) is 1.46. The molecular formula is C23H24BrN3O5. The maximum Gasteiger partial charge on any atom is 0.344 e. The third kappa shape index (κ3) is 4.83. The van der Waals surface area contributed by atoms with Crippen LogP contribution in [-0.4, -0.2) is 40.2 Å². The molecule has 1 atom stereocenters. The molecular weight excluding hydrogens is 478 g/mol. The van der Waals surface area contributed by atoms with Crippen LogP contribution in [0.4, 0.5) is 0 Å². The van der Waals surface area contributed by atoms with E-state index in [1.54, 1.807) is 30.3 Å². The lowest BCUT2D eigenvalue weighted by molar-refractivity contribution is -0.144. The van der Waals surface area contributed by atoms with Crippen LogP contribution in [0.25, 0.3) is 10.9 Å². The van der Waals surface area contributed by atoms with Crippen molar-refractivity contribution in [1.82, 2.24) is 9.66 Å². The van der Waals surface area contributed by atoms with E-state index in [0.717, 1.165) is 4.47 Å². The highest BCUT2D eigenvalue weighted by Gasteiger charge is 2.23. The second-order valence-corrected chi connectivity index (χ2v) is 9.10. The fraction of sp³-hybridized carbons (Fsp3) is 0.304. The molecule has 0 amide bonds. The van der Waals surface area contributed by atoms with Crippen molar-refractivity contribution in [1.29, 1.82) is 0 Å². The monoisotopic (exact) mass is 501 g/mol. The first-order chi connectivity index (χ1) is 15.0. The van der Waals surface area contributed by atoms with E-state index < -0.39 is 17.5 Å². The Balaban J connectivity index is 2.20. The third-order valence-electron chi connectivity index (χ3n) is 4.66. The number of hydrogen-bond donors (Lipinski definition) is 1. The summed E-state index contributed by atoms with van der Waals surface area (Å²) in [6, 6.07) is 10.4. The fourth-order valence-corrected chi connectivity index (χ4v) is 3.37. The molecule has 9 heteroatoms. The number of ether oxygens (including phenoxy) is 2. The molecule has 0 saturated heterocycles. The molecule has 2 aromatic carbocycles. The number of rotatable bonds is 6. The van der Waals surface area contributed by atoms with Crippen molar-refractivity contribution in [2.75, 3.05) is 7.11 Å². The van der Waals surface area contributed by atoms with E-state index in [9.17, 15) is 14.7 Å². The largest absolute Gasteiger partial charge is 0.493 e. The highest BCUT2D eigenvalue weighted by molar-refractivity contribution is 9.10. The van der Waals surface area contributed by atoms with Crippen molar-refractivity contribution >= 4 is 39.0 Å². The predicted octanol–water partition coefficient (Wildman–Crippen LogP) is 4.20. The first-order valence-corrected chi connectivity index (χ1v) is 10.7. The van der Waals surface area contributed by atoms with Gasteiger partial charge in [-0.3, -0.25) is 4.79 Å². The number of halogens is 1. The number of methoxy groups -OCH3 is 1. The van der Waals surface area contributed by atoms with Crippen LogP contribution < -0.4 is 15.0 Å². The summed E-state index contributed by atoms with van der Waals surface area (Å²) in [5.41, 5.74) is 0.249. The number of aliphatic carboxylic acids is 1. The topological polar surface area (TPSA) is 103 Å². The Morgan fingerprint density at radius 1 is 1.28 bits per heavy atom. The van der Waals surface area contributed by atoms with Crippen LogP contribution in [0, 0.1) is 0 Å². The fourth-order valence-electron chi connectivity index (χ4n) is 3.01. The van der Waals surface area contributed by atoms with E-state index in [0.29, 0.717) is 28.0 Å². The Morgan fingerprint density at radius 2 is 2.00 bits per heavy atom. The standard InChI is InChI=1S/C23H24BrN3O5/c1-13(21(29)30)32-19-14(7-6-8-18(19)31-5)12-25-27-20(28)16-11-15(24)9-10-17(16)26-22(27)23(2,3)4/h6-13H,1-5H3,(H,29,30)/t13-/m1/s1. The zero-order valence-corrected chi connectivity index (χ0v) is 20.0. The van der Waals surface area contributed by atoms with E-state index in [4.69, 9.17) is 9.47 Å². The maximum atomic E-state index is 13.3. The molecule has 0 saturated carbocycles. The normalized spacial score (nSPS) is 12.8. The van der Waals surface area contributed by atoms with Gasteiger partial charge in [-0.2, -0.15) is 9.78 Å². The minimum absolute atomic E-state index is 0.218. The number of aromatic nitrogens is 2. The number of para-hydroxylation sites is 1. The van der Waals surface area contributed by atoms with E-state index in [1.807, 2.05) is 26.8 Å². The van der Waals surface area contributed by atoms with E-state index >= 15 is 0 Å². The first-order valence-electron chi connectivity index (χ1n) is 9.86. The van der Waals surface area contributed by atoms with Gasteiger partial charge >= 0.3 is 5.97 Å². The van der Waals surface area contributed by atoms with Gasteiger partial charge in [0.25, 0.3) is 5.56 Å². The highest BCUT2D eigenvalue weighted by Crippen LogP contribution is 2.31. The van der Waals surface area contributed by atoms with Gasteiger partial charge in [0, 0.05) is 15.5 Å². The van der Waals surface area contributed by atoms with Gasteiger partial charge in [-0.15, -0.1) is 0 Å². The number of benzene rings is 2. The lowest BCUT2D eigenvalue weighted by atomic mass is 9.95. The van der Waals surface area contributed by atoms with Crippen LogP contribution >= 0.6 is 15.9 Å². The van der Waals surface area contributed by atoms with Crippen LogP contribution in [0.2, 0.25) is 0 Å². The predicted molar refractivity (Wildman–Crippen MR) is 126 cm³/mol. The molecule has 0 aliphatic rings. The van der Waals surface area contributed by atoms with E-state index in [1.165, 1.54) is 24.9 Å². The number of carboxylic acid groups (broad SMARTS) is 1. The summed E-state index contributed by atoms with van der Waals surface area (Å²) in [5.74, 6) is -0.0614. The molecule has 3 rings (SSSR count). The van der Waals surface area contributed by atoms with Crippen molar-refractivity contribution in [3.63, 3.8) is 0 Å². The highest BCUT2D eigenvalue weighted by atomic mass is 79.9. The molecule has 0 aliphatic heterocycles. The number of carboxylic acids is 1. The van der Waals surface area contributed by atoms with Crippen LogP contribution in [0.3, 0.4) is 0 Å². The minimum Gasteiger partial charge on any atom is -0.493 e. The van der Waals surface area contributed by atoms with Gasteiger partial charge in [-0.25, -0.2) is 9.78 Å². The molecule has 1 heterocycles. The molecule has 0 radical (unpaired) electrons. The molecule has 1 aromatic heterocycles. The van der Waals surface area contributed by atoms with Crippen LogP contribution in [0.5, 0.6) is 11.5 Å². The minimum atomic E-state index is -1.12. The Labute approximate surface area is 193 Å². The lowest BCUT2D eigenvalue weighted by Crippen LogP contribution is -2.29. The Hall–Kier alpha value is -3.20. The molecule has 8 nitrogen and oxygen atoms in total. The zero-order chi connectivity index (χ0) is 23.6. The van der Waals surface area contributed by atoms with Gasteiger partial charge in [0.05, 0.1) is 24.2 Å². The van der Waals surface area contributed by atoms with E-state index in [2.05, 4.69) is 26.0 Å². The van der Waals surface area contributed by atoms with Crippen molar-refractivity contribution in [3.05, 3.63) is 62.6 Å². The number of fused-ring (bicyclic) bond motifs is 1. The van der Waals surface area contributed by atoms with Crippen LogP contribution in [0.1, 0.15) is 39.1 Å². The SMILES string of the molecule is COc1cccc(C=Nn2c(C(C)(C)C)nc3ccc(Br)cc3c2=O)c1O[C@H](C)C(=O)O. The van der Waals surface area contributed by atoms with Gasteiger partial charge in [-0.05, 0) is 37.3 Å². The average Bonchev–Trinajstić information content (AvgIpc) is 2.73. The smallest absolute Gasteiger partial charge is 0.344 e. The molecule has 0 unspecified atom stereocenters. The van der Waals surface area contributed by atoms with Gasteiger partial charge in [0.2, 0.25) is 0 Å². The summed E-state index contributed by atoms with van der Waals surface area (Å²) in [6.45, 7) is 7.25. The average molecular weight is 502 g/mol. The summed E-state index contributed by atoms with van der Waals surface area (Å²) >= 11 is 3.39. The second kappa shape index (κ2) is 9.12. The molecule has 3 aromatic rings. The Kier molecular flexibility index (Phi) is 6.68.